The van der Waals surface area contributed by atoms with Gasteiger partial charge in [0.15, 0.2) is 0 Å². The zero-order valence-electron chi connectivity index (χ0n) is 15.9. The van der Waals surface area contributed by atoms with Crippen LogP contribution in [-0.2, 0) is 9.53 Å². The molecule has 26 heavy (non-hydrogen) atoms. The maximum atomic E-state index is 12.9. The Kier molecular flexibility index (Phi) is 4.90. The summed E-state index contributed by atoms with van der Waals surface area (Å²) >= 11 is 0. The fraction of sp³-hybridized carbons (Fsp3) is 0.500. The van der Waals surface area contributed by atoms with Crippen LogP contribution in [0.3, 0.4) is 0 Å². The number of aromatic nitrogens is 2. The van der Waals surface area contributed by atoms with Crippen LogP contribution >= 0.6 is 0 Å². The van der Waals surface area contributed by atoms with Gasteiger partial charge in [-0.05, 0) is 37.6 Å². The Bertz CT molecular complexity index is 772. The van der Waals surface area contributed by atoms with Gasteiger partial charge in [0.1, 0.15) is 5.54 Å². The van der Waals surface area contributed by atoms with Crippen LogP contribution in [0.2, 0.25) is 0 Å². The van der Waals surface area contributed by atoms with E-state index in [4.69, 9.17) is 10.5 Å². The number of hydrogen-bond acceptors (Lipinski definition) is 4. The minimum absolute atomic E-state index is 0.0155. The molecule has 1 aromatic heterocycles. The van der Waals surface area contributed by atoms with Crippen LogP contribution in [0.4, 0.5) is 0 Å². The molecule has 140 valence electrons. The number of carbonyl (C=O) groups is 1. The summed E-state index contributed by atoms with van der Waals surface area (Å²) in [7, 11) is 0. The van der Waals surface area contributed by atoms with Crippen molar-refractivity contribution in [3.63, 3.8) is 0 Å². The van der Waals surface area contributed by atoms with Gasteiger partial charge in [0, 0.05) is 30.8 Å². The Morgan fingerprint density at radius 1 is 1.46 bits per heavy atom. The number of nitrogens with zero attached hydrogens (tertiary/aromatic N) is 2. The second kappa shape index (κ2) is 6.85. The quantitative estimate of drug-likeness (QED) is 0.833. The first-order valence-corrected chi connectivity index (χ1v) is 9.11. The third kappa shape index (κ3) is 3.04. The molecule has 3 rings (SSSR count). The molecule has 6 nitrogen and oxygen atoms in total. The standard InChI is InChI=1S/C20H28N4O2/c1-5-26-17-13-20(21,19(17,3)4)18(25)23-14(2)15-8-6-9-16(12-15)24-11-7-10-22-24/h6-12,14,17H,5,13,21H2,1-4H3,(H,23,25). The third-order valence-corrected chi connectivity index (χ3v) is 5.72. The minimum Gasteiger partial charge on any atom is -0.378 e. The fourth-order valence-corrected chi connectivity index (χ4v) is 3.59. The summed E-state index contributed by atoms with van der Waals surface area (Å²) in [5.41, 5.74) is 7.12. The largest absolute Gasteiger partial charge is 0.378 e. The monoisotopic (exact) mass is 356 g/mol. The van der Waals surface area contributed by atoms with E-state index in [0.717, 1.165) is 11.3 Å². The number of nitrogens with one attached hydrogen (secondary N) is 1. The molecular weight excluding hydrogens is 328 g/mol. The molecular formula is C20H28N4O2. The molecule has 0 radical (unpaired) electrons. The first-order valence-electron chi connectivity index (χ1n) is 9.11. The van der Waals surface area contributed by atoms with Crippen molar-refractivity contribution in [3.8, 4) is 5.69 Å². The van der Waals surface area contributed by atoms with E-state index >= 15 is 0 Å². The van der Waals surface area contributed by atoms with Crippen LogP contribution in [0, 0.1) is 5.41 Å². The van der Waals surface area contributed by atoms with Gasteiger partial charge in [0.25, 0.3) is 0 Å². The van der Waals surface area contributed by atoms with Gasteiger partial charge in [-0.2, -0.15) is 5.10 Å². The van der Waals surface area contributed by atoms with Crippen LogP contribution in [0.5, 0.6) is 0 Å². The van der Waals surface area contributed by atoms with E-state index in [1.54, 1.807) is 10.9 Å². The molecule has 0 bridgehead atoms. The predicted octanol–water partition coefficient (Wildman–Crippen LogP) is 2.58. The van der Waals surface area contributed by atoms with Gasteiger partial charge in [-0.25, -0.2) is 4.68 Å². The molecule has 0 saturated heterocycles. The maximum Gasteiger partial charge on any atom is 0.241 e. The Hall–Kier alpha value is -2.18. The zero-order valence-corrected chi connectivity index (χ0v) is 15.9. The highest BCUT2D eigenvalue weighted by molar-refractivity contribution is 5.89. The Morgan fingerprint density at radius 2 is 2.23 bits per heavy atom. The lowest BCUT2D eigenvalue weighted by molar-refractivity contribution is -0.171. The highest BCUT2D eigenvalue weighted by Crippen LogP contribution is 2.50. The number of ether oxygens (including phenoxy) is 1. The molecule has 1 heterocycles. The molecule has 0 aliphatic heterocycles. The third-order valence-electron chi connectivity index (χ3n) is 5.72. The molecule has 1 aromatic carbocycles. The average molecular weight is 356 g/mol. The van der Waals surface area contributed by atoms with Crippen LogP contribution in [0.25, 0.3) is 5.69 Å². The van der Waals surface area contributed by atoms with E-state index in [1.165, 1.54) is 0 Å². The lowest BCUT2D eigenvalue weighted by Crippen LogP contribution is -2.75. The summed E-state index contributed by atoms with van der Waals surface area (Å²) in [6, 6.07) is 9.69. The first-order chi connectivity index (χ1) is 12.3. The number of hydrogen-bond donors (Lipinski definition) is 2. The molecule has 1 aliphatic rings. The minimum atomic E-state index is -0.916. The maximum absolute atomic E-state index is 12.9. The highest BCUT2D eigenvalue weighted by Gasteiger charge is 2.62. The number of rotatable bonds is 6. The second-order valence-corrected chi connectivity index (χ2v) is 7.58. The van der Waals surface area contributed by atoms with Crippen molar-refractivity contribution >= 4 is 5.91 Å². The van der Waals surface area contributed by atoms with E-state index < -0.39 is 11.0 Å². The predicted molar refractivity (Wildman–Crippen MR) is 101 cm³/mol. The topological polar surface area (TPSA) is 82.2 Å². The van der Waals surface area contributed by atoms with E-state index in [9.17, 15) is 4.79 Å². The van der Waals surface area contributed by atoms with E-state index in [2.05, 4.69) is 10.4 Å². The molecule has 1 amide bonds. The summed E-state index contributed by atoms with van der Waals surface area (Å²) in [6.07, 6.45) is 4.19. The normalized spacial score (nSPS) is 25.3. The van der Waals surface area contributed by atoms with Crippen molar-refractivity contribution in [1.82, 2.24) is 15.1 Å². The second-order valence-electron chi connectivity index (χ2n) is 7.58. The van der Waals surface area contributed by atoms with E-state index in [1.807, 2.05) is 64.2 Å². The van der Waals surface area contributed by atoms with Gasteiger partial charge < -0.3 is 15.8 Å². The number of amides is 1. The molecule has 1 aliphatic carbocycles. The lowest BCUT2D eigenvalue weighted by Gasteiger charge is -2.57. The molecule has 3 unspecified atom stereocenters. The summed E-state index contributed by atoms with van der Waals surface area (Å²) in [5, 5.41) is 7.33. The van der Waals surface area contributed by atoms with Gasteiger partial charge in [0.2, 0.25) is 5.91 Å². The van der Waals surface area contributed by atoms with Crippen molar-refractivity contribution < 1.29 is 9.53 Å². The van der Waals surface area contributed by atoms with Gasteiger partial charge in [-0.1, -0.05) is 26.0 Å². The highest BCUT2D eigenvalue weighted by atomic mass is 16.5. The van der Waals surface area contributed by atoms with E-state index in [-0.39, 0.29) is 18.1 Å². The first kappa shape index (κ1) is 18.6. The van der Waals surface area contributed by atoms with Crippen LogP contribution in [-0.4, -0.2) is 33.9 Å². The summed E-state index contributed by atoms with van der Waals surface area (Å²) in [4.78, 5) is 12.9. The Balaban J connectivity index is 1.71. The molecule has 2 aromatic rings. The fourth-order valence-electron chi connectivity index (χ4n) is 3.59. The van der Waals surface area contributed by atoms with E-state index in [0.29, 0.717) is 13.0 Å². The van der Waals surface area contributed by atoms with Gasteiger partial charge in [-0.3, -0.25) is 4.79 Å². The van der Waals surface area contributed by atoms with Crippen LogP contribution < -0.4 is 11.1 Å². The Morgan fingerprint density at radius 3 is 2.85 bits per heavy atom. The SMILES string of the molecule is CCOC1CC(N)(C(=O)NC(C)c2cccc(-n3cccn3)c2)C1(C)C. The van der Waals surface area contributed by atoms with Crippen molar-refractivity contribution in [2.75, 3.05) is 6.61 Å². The van der Waals surface area contributed by atoms with Crippen molar-refractivity contribution in [2.24, 2.45) is 11.1 Å². The summed E-state index contributed by atoms with van der Waals surface area (Å²) in [6.45, 7) is 8.55. The molecule has 1 fully saturated rings. The van der Waals surface area contributed by atoms with Crippen molar-refractivity contribution in [1.29, 1.82) is 0 Å². The van der Waals surface area contributed by atoms with Crippen LogP contribution in [0.15, 0.2) is 42.7 Å². The molecule has 1 saturated carbocycles. The molecule has 6 heteroatoms. The van der Waals surface area contributed by atoms with Crippen molar-refractivity contribution in [2.45, 2.75) is 51.8 Å². The smallest absolute Gasteiger partial charge is 0.241 e. The zero-order chi connectivity index (χ0) is 18.9. The van der Waals surface area contributed by atoms with Gasteiger partial charge >= 0.3 is 0 Å². The van der Waals surface area contributed by atoms with Crippen molar-refractivity contribution in [3.05, 3.63) is 48.3 Å². The number of carbonyl (C=O) groups excluding carboxylic acids is 1. The Labute approximate surface area is 154 Å². The van der Waals surface area contributed by atoms with Crippen LogP contribution in [0.1, 0.15) is 45.7 Å². The average Bonchev–Trinajstić information content (AvgIpc) is 3.16. The summed E-state index contributed by atoms with van der Waals surface area (Å²) in [5.74, 6) is -0.129. The molecule has 0 spiro atoms. The number of benzene rings is 1. The lowest BCUT2D eigenvalue weighted by atomic mass is 9.54. The van der Waals surface area contributed by atoms with Gasteiger partial charge in [-0.15, -0.1) is 0 Å². The van der Waals surface area contributed by atoms with Gasteiger partial charge in [0.05, 0.1) is 17.8 Å². The molecule has 3 N–H and O–H groups in total. The number of nitrogens with two attached hydrogens (primary N) is 1. The summed E-state index contributed by atoms with van der Waals surface area (Å²) < 4.78 is 7.51. The molecule has 3 atom stereocenters.